The summed E-state index contributed by atoms with van der Waals surface area (Å²) in [6.07, 6.45) is 1.63. The summed E-state index contributed by atoms with van der Waals surface area (Å²) in [5.41, 5.74) is 3.33. The third-order valence-electron chi connectivity index (χ3n) is 6.57. The van der Waals surface area contributed by atoms with Crippen LogP contribution in [0.25, 0.3) is 0 Å². The van der Waals surface area contributed by atoms with Gasteiger partial charge in [-0.2, -0.15) is 4.98 Å². The first-order valence-corrected chi connectivity index (χ1v) is 11.8. The van der Waals surface area contributed by atoms with Crippen molar-refractivity contribution in [2.75, 3.05) is 22.6 Å². The number of aromatic nitrogens is 2. The van der Waals surface area contributed by atoms with Gasteiger partial charge >= 0.3 is 6.09 Å². The summed E-state index contributed by atoms with van der Waals surface area (Å²) in [6, 6.07) is 11.2. The van der Waals surface area contributed by atoms with Crippen LogP contribution < -0.4 is 25.6 Å². The number of hydrogen-bond acceptors (Lipinski definition) is 8. The van der Waals surface area contributed by atoms with Crippen LogP contribution in [0.3, 0.4) is 0 Å². The highest BCUT2D eigenvalue weighted by atomic mass is 35.5. The molecule has 184 valence electrons. The van der Waals surface area contributed by atoms with Crippen LogP contribution in [0.5, 0.6) is 5.75 Å². The summed E-state index contributed by atoms with van der Waals surface area (Å²) >= 11 is 6.37. The van der Waals surface area contributed by atoms with Crippen LogP contribution in [0.2, 0.25) is 5.02 Å². The minimum Gasteiger partial charge on any atom is -0.476 e. The van der Waals surface area contributed by atoms with Gasteiger partial charge in [-0.15, -0.1) is 0 Å². The Morgan fingerprint density at radius 3 is 2.75 bits per heavy atom. The van der Waals surface area contributed by atoms with Crippen molar-refractivity contribution in [3.63, 3.8) is 0 Å². The van der Waals surface area contributed by atoms with E-state index in [9.17, 15) is 9.59 Å². The number of nitrogens with one attached hydrogen (secondary N) is 3. The molecule has 10 nitrogen and oxygen atoms in total. The fourth-order valence-electron chi connectivity index (χ4n) is 4.82. The fraction of sp³-hybridized carbons (Fsp3) is 0.280. The van der Waals surface area contributed by atoms with Gasteiger partial charge in [-0.3, -0.25) is 4.79 Å². The zero-order valence-electron chi connectivity index (χ0n) is 19.8. The molecule has 0 unspecified atom stereocenters. The maximum absolute atomic E-state index is 12.6. The highest BCUT2D eigenvalue weighted by molar-refractivity contribution is 6.32. The van der Waals surface area contributed by atoms with E-state index in [0.29, 0.717) is 40.3 Å². The van der Waals surface area contributed by atoms with Crippen molar-refractivity contribution < 1.29 is 19.1 Å². The molecule has 3 heterocycles. The van der Waals surface area contributed by atoms with E-state index in [4.69, 9.17) is 21.1 Å². The van der Waals surface area contributed by atoms with E-state index in [1.807, 2.05) is 30.3 Å². The van der Waals surface area contributed by atoms with E-state index < -0.39 is 11.7 Å². The summed E-state index contributed by atoms with van der Waals surface area (Å²) in [7, 11) is 1.72. The Morgan fingerprint density at radius 1 is 1.14 bits per heavy atom. The number of benzene rings is 2. The third-order valence-corrected chi connectivity index (χ3v) is 6.85. The third kappa shape index (κ3) is 3.74. The Balaban J connectivity index is 1.23. The first-order valence-electron chi connectivity index (χ1n) is 11.5. The van der Waals surface area contributed by atoms with E-state index in [2.05, 4.69) is 25.9 Å². The number of ether oxygens (including phenoxy) is 2. The highest BCUT2D eigenvalue weighted by Gasteiger charge is 2.42. The van der Waals surface area contributed by atoms with Crippen molar-refractivity contribution in [1.29, 1.82) is 0 Å². The molecular formula is C25H23ClN6O4. The second kappa shape index (κ2) is 7.99. The van der Waals surface area contributed by atoms with Crippen molar-refractivity contribution in [1.82, 2.24) is 15.3 Å². The van der Waals surface area contributed by atoms with Crippen molar-refractivity contribution in [3.8, 4) is 5.75 Å². The molecule has 0 saturated carbocycles. The van der Waals surface area contributed by atoms with Crippen LogP contribution in [0.1, 0.15) is 31.0 Å². The summed E-state index contributed by atoms with van der Waals surface area (Å²) < 4.78 is 11.2. The second-order valence-electron chi connectivity index (χ2n) is 9.48. The van der Waals surface area contributed by atoms with E-state index >= 15 is 0 Å². The molecular weight excluding hydrogens is 484 g/mol. The predicted molar refractivity (Wildman–Crippen MR) is 134 cm³/mol. The van der Waals surface area contributed by atoms with E-state index in [0.717, 1.165) is 16.8 Å². The first-order chi connectivity index (χ1) is 17.2. The molecule has 1 aromatic heterocycles. The van der Waals surface area contributed by atoms with Gasteiger partial charge in [0.05, 0.1) is 17.9 Å². The molecule has 1 fully saturated rings. The van der Waals surface area contributed by atoms with Gasteiger partial charge < -0.3 is 30.3 Å². The lowest BCUT2D eigenvalue weighted by Crippen LogP contribution is -2.50. The number of fused-ring (bicyclic) bond motifs is 4. The molecule has 1 aliphatic carbocycles. The van der Waals surface area contributed by atoms with Crippen molar-refractivity contribution in [2.24, 2.45) is 0 Å². The van der Waals surface area contributed by atoms with Crippen LogP contribution in [0.15, 0.2) is 42.6 Å². The van der Waals surface area contributed by atoms with Gasteiger partial charge in [0.25, 0.3) is 5.91 Å². The minimum atomic E-state index is -0.928. The number of hydrogen-bond donors (Lipinski definition) is 3. The summed E-state index contributed by atoms with van der Waals surface area (Å²) in [4.78, 5) is 34.6. The van der Waals surface area contributed by atoms with Crippen LogP contribution in [0.4, 0.5) is 33.6 Å². The van der Waals surface area contributed by atoms with Crippen molar-refractivity contribution in [3.05, 3.63) is 58.7 Å². The monoisotopic (exact) mass is 506 g/mol. The SMILES string of the molecule is CN1C(=O)C(C)(C)Oc2ccc(Nc3nc(Nc4ccc5c(c4)[C@@H]4NC(=O)O[C@@H]4C5)ncc3Cl)cc21. The maximum atomic E-state index is 12.6. The highest BCUT2D eigenvalue weighted by Crippen LogP contribution is 2.40. The van der Waals surface area contributed by atoms with E-state index in [1.54, 1.807) is 31.9 Å². The van der Waals surface area contributed by atoms with Gasteiger partial charge in [0.15, 0.2) is 11.4 Å². The molecule has 3 aromatic rings. The predicted octanol–water partition coefficient (Wildman–Crippen LogP) is 4.46. The molecule has 1 saturated heterocycles. The van der Waals surface area contributed by atoms with Gasteiger partial charge in [-0.05, 0) is 55.3 Å². The van der Waals surface area contributed by atoms with Gasteiger partial charge in [-0.25, -0.2) is 9.78 Å². The zero-order chi connectivity index (χ0) is 25.2. The molecule has 2 aromatic carbocycles. The average molecular weight is 507 g/mol. The molecule has 2 atom stereocenters. The Morgan fingerprint density at radius 2 is 1.92 bits per heavy atom. The van der Waals surface area contributed by atoms with Crippen molar-refractivity contribution >= 4 is 52.4 Å². The van der Waals surface area contributed by atoms with Gasteiger partial charge in [0.1, 0.15) is 16.9 Å². The molecule has 0 spiro atoms. The van der Waals surface area contributed by atoms with Crippen LogP contribution in [0, 0.1) is 0 Å². The Labute approximate surface area is 212 Å². The topological polar surface area (TPSA) is 118 Å². The molecule has 0 bridgehead atoms. The minimum absolute atomic E-state index is 0.136. The normalized spacial score (nSPS) is 21.1. The molecule has 2 aliphatic heterocycles. The smallest absolute Gasteiger partial charge is 0.408 e. The van der Waals surface area contributed by atoms with Crippen LogP contribution in [-0.2, 0) is 16.0 Å². The number of rotatable bonds is 4. The molecule has 11 heteroatoms. The van der Waals surface area contributed by atoms with Gasteiger partial charge in [-0.1, -0.05) is 17.7 Å². The second-order valence-corrected chi connectivity index (χ2v) is 9.89. The van der Waals surface area contributed by atoms with Gasteiger partial charge in [0.2, 0.25) is 5.95 Å². The van der Waals surface area contributed by atoms with Gasteiger partial charge in [0, 0.05) is 24.8 Å². The van der Waals surface area contributed by atoms with E-state index in [1.165, 1.54) is 6.20 Å². The maximum Gasteiger partial charge on any atom is 0.408 e. The number of likely N-dealkylation sites (N-methyl/N-ethyl adjacent to an activating group) is 1. The van der Waals surface area contributed by atoms with Crippen molar-refractivity contribution in [2.45, 2.75) is 38.0 Å². The standard InChI is InChI=1S/C25H23ClN6O4/c1-25(2)22(33)32(3)17-10-14(6-7-18(17)36-25)28-21-16(26)11-27-23(31-21)29-13-5-4-12-8-19-20(15(12)9-13)30-24(34)35-19/h4-7,9-11,19-20H,8H2,1-3H3,(H,30,34)(H2,27,28,29,31)/t19-,20+/m1/s1. The quantitative estimate of drug-likeness (QED) is 0.475. The number of amides is 2. The summed E-state index contributed by atoms with van der Waals surface area (Å²) in [5, 5.41) is 9.60. The molecule has 3 aliphatic rings. The number of carbonyl (C=O) groups excluding carboxylic acids is 2. The number of anilines is 5. The average Bonchev–Trinajstić information content (AvgIpc) is 3.36. The van der Waals surface area contributed by atoms with Crippen LogP contribution >= 0.6 is 11.6 Å². The lowest BCUT2D eigenvalue weighted by atomic mass is 10.0. The number of halogens is 1. The zero-order valence-corrected chi connectivity index (χ0v) is 20.5. The molecule has 6 rings (SSSR count). The Hall–Kier alpha value is -4.05. The Kier molecular flexibility index (Phi) is 4.97. The Bertz CT molecular complexity index is 1430. The lowest BCUT2D eigenvalue weighted by Gasteiger charge is -2.37. The number of alkyl carbamates (subject to hydrolysis) is 1. The van der Waals surface area contributed by atoms with E-state index in [-0.39, 0.29) is 18.1 Å². The molecule has 2 amide bonds. The largest absolute Gasteiger partial charge is 0.476 e. The van der Waals surface area contributed by atoms with Crippen LogP contribution in [-0.4, -0.2) is 40.7 Å². The molecule has 36 heavy (non-hydrogen) atoms. The first kappa shape index (κ1) is 22.4. The number of carbonyl (C=O) groups is 2. The molecule has 0 radical (unpaired) electrons. The molecule has 3 N–H and O–H groups in total. The summed E-state index contributed by atoms with van der Waals surface area (Å²) in [6.45, 7) is 3.49. The summed E-state index contributed by atoms with van der Waals surface area (Å²) in [5.74, 6) is 1.23. The number of nitrogens with zero attached hydrogens (tertiary/aromatic N) is 3. The lowest BCUT2D eigenvalue weighted by molar-refractivity contribution is -0.132. The fourth-order valence-corrected chi connectivity index (χ4v) is 4.96.